The molecule has 0 bridgehead atoms. The van der Waals surface area contributed by atoms with Crippen LogP contribution in [0.25, 0.3) is 274 Å². The van der Waals surface area contributed by atoms with Gasteiger partial charge in [-0.2, -0.15) is 0 Å². The van der Waals surface area contributed by atoms with Crippen molar-refractivity contribution in [1.82, 2.24) is 36.2 Å². The SMILES string of the molecule is c1ccc(-c2cccc(-n3c4ccccc4n4c5cc(-c6ccc7c(c6)c6ccccc6n7-c6ccc7c(c6)c6ccccc6n7-c6ccccc6)ccc5c(-c5ccc6sc7ccccc7c6c5)c34)c2)cc1.c1ccc(-n2c3ccccc3c3cc(-n4c5ccccc5c5cc(-c6ccc7c(-c8ccc9oc%10ccccc%10c9c8)c8n(-c9ccccc9)c9ccccc9n8c7c6)ccc54)ccc32)cc1. The van der Waals surface area contributed by atoms with Crippen LogP contribution in [0, 0.1) is 0 Å². The minimum atomic E-state index is 0.892. The van der Waals surface area contributed by atoms with Gasteiger partial charge in [0.1, 0.15) is 22.5 Å². The smallest absolute Gasteiger partial charge is 0.135 e. The molecule has 0 radical (unpaired) electrons. The minimum absolute atomic E-state index is 0.892. The van der Waals surface area contributed by atoms with Crippen molar-refractivity contribution in [1.29, 1.82) is 0 Å². The molecule has 652 valence electrons. The van der Waals surface area contributed by atoms with Crippen molar-refractivity contribution in [3.63, 3.8) is 0 Å². The van der Waals surface area contributed by atoms with E-state index in [9.17, 15) is 0 Å². The number of thiophene rings is 1. The first-order valence-electron chi connectivity index (χ1n) is 47.9. The van der Waals surface area contributed by atoms with Crippen LogP contribution in [0.1, 0.15) is 0 Å². The summed E-state index contributed by atoms with van der Waals surface area (Å²) in [6, 6.07) is 178. The number of aromatic nitrogens is 8. The molecular formula is C130H80N8OS. The van der Waals surface area contributed by atoms with Gasteiger partial charge in [0, 0.05) is 130 Å². The minimum Gasteiger partial charge on any atom is -0.456 e. The third-order valence-corrected chi connectivity index (χ3v) is 30.6. The molecule has 0 saturated heterocycles. The average Bonchev–Trinajstić information content (AvgIpc) is 1.54. The van der Waals surface area contributed by atoms with Gasteiger partial charge < -0.3 is 22.7 Å². The van der Waals surface area contributed by atoms with Crippen LogP contribution in [0.5, 0.6) is 0 Å². The molecule has 10 heteroatoms. The number of benzene rings is 21. The van der Waals surface area contributed by atoms with E-state index in [0.717, 1.165) is 95.0 Å². The summed E-state index contributed by atoms with van der Waals surface area (Å²) < 4.78 is 28.5. The van der Waals surface area contributed by atoms with Crippen molar-refractivity contribution in [2.24, 2.45) is 0 Å². The molecule has 0 aliphatic heterocycles. The number of fused-ring (bicyclic) bond motifs is 28. The number of nitrogens with zero attached hydrogens (tertiary/aromatic N) is 8. The zero-order chi connectivity index (χ0) is 91.5. The fourth-order valence-corrected chi connectivity index (χ4v) is 24.5. The predicted octanol–water partition coefficient (Wildman–Crippen LogP) is 35.1. The first kappa shape index (κ1) is 77.9. The monoisotopic (exact) mass is 1800 g/mol. The second-order valence-corrected chi connectivity index (χ2v) is 38.1. The van der Waals surface area contributed by atoms with Gasteiger partial charge in [-0.3, -0.25) is 17.9 Å². The highest BCUT2D eigenvalue weighted by Gasteiger charge is 2.29. The Morgan fingerprint density at radius 1 is 0.143 bits per heavy atom. The Kier molecular flexibility index (Phi) is 17.0. The van der Waals surface area contributed by atoms with E-state index in [-0.39, 0.29) is 0 Å². The van der Waals surface area contributed by atoms with Crippen LogP contribution in [-0.2, 0) is 0 Å². The topological polar surface area (TPSA) is 51.5 Å². The van der Waals surface area contributed by atoms with E-state index in [1.54, 1.807) is 0 Å². The number of hydrogen-bond donors (Lipinski definition) is 0. The van der Waals surface area contributed by atoms with E-state index in [1.165, 1.54) is 179 Å². The quantitative estimate of drug-likeness (QED) is 0.127. The van der Waals surface area contributed by atoms with Gasteiger partial charge in [-0.15, -0.1) is 11.3 Å². The Morgan fingerprint density at radius 2 is 0.457 bits per heavy atom. The van der Waals surface area contributed by atoms with E-state index >= 15 is 0 Å². The molecule has 140 heavy (non-hydrogen) atoms. The summed E-state index contributed by atoms with van der Waals surface area (Å²) in [4.78, 5) is 0. The molecule has 0 amide bonds. The second-order valence-electron chi connectivity index (χ2n) is 37.0. The first-order chi connectivity index (χ1) is 69.5. The number of para-hydroxylation sites is 12. The van der Waals surface area contributed by atoms with Gasteiger partial charge in [-0.05, 0) is 251 Å². The molecule has 0 aliphatic carbocycles. The molecule has 21 aromatic carbocycles. The second kappa shape index (κ2) is 30.5. The van der Waals surface area contributed by atoms with Gasteiger partial charge in [0.25, 0.3) is 0 Å². The molecule has 0 spiro atoms. The van der Waals surface area contributed by atoms with Crippen molar-refractivity contribution in [3.05, 3.63) is 485 Å². The molecule has 10 heterocycles. The van der Waals surface area contributed by atoms with E-state index in [0.29, 0.717) is 0 Å². The zero-order valence-corrected chi connectivity index (χ0v) is 76.4. The first-order valence-corrected chi connectivity index (χ1v) is 48.7. The number of furan rings is 1. The molecule has 10 aromatic heterocycles. The molecule has 9 nitrogen and oxygen atoms in total. The standard InChI is InChI=1S/C68H42N4S.C62H38N4O/c1-3-16-43(17-4-1)44-18-15-21-49(38-44)71-62-27-12-13-28-63(62)72-64-41-46(30-34-54(64)67(68(71)72)47-32-37-66-57(40-47)53-24-9-14-29-65(53)73-66)45-31-35-60-55(39-45)51-22-7-11-26-59(51)70(60)50-33-36-61-56(42-50)52-23-8-10-25-58(52)69(61)48-19-5-2-6-20-48;1-3-15-42(16-4-1)63-52-22-10-8-20-46(52)50-38-44(30-33-55(50)63)64-53-23-11-7-19-45(53)49-35-39(28-32-54(49)64)40-27-31-48-58(37-40)66-57-25-13-12-24-56(57)65(43-17-5-2-6-18-43)62(66)61(48)41-29-34-60-51(36-41)47-21-9-14-26-59(47)67-60/h1-42H;1-38H. The summed E-state index contributed by atoms with van der Waals surface area (Å²) in [5.74, 6) is 0. The Balaban J connectivity index is 0.000000132. The van der Waals surface area contributed by atoms with E-state index in [2.05, 4.69) is 515 Å². The van der Waals surface area contributed by atoms with Gasteiger partial charge in [-0.25, -0.2) is 0 Å². The summed E-state index contributed by atoms with van der Waals surface area (Å²) >= 11 is 1.87. The summed E-state index contributed by atoms with van der Waals surface area (Å²) in [5.41, 5.74) is 39.3. The largest absolute Gasteiger partial charge is 0.456 e. The molecule has 0 saturated carbocycles. The van der Waals surface area contributed by atoms with Crippen molar-refractivity contribution in [3.8, 4) is 89.8 Å². The van der Waals surface area contributed by atoms with E-state index in [1.807, 2.05) is 17.4 Å². The number of imidazole rings is 2. The summed E-state index contributed by atoms with van der Waals surface area (Å²) in [5, 5.41) is 17.1. The molecule has 0 unspecified atom stereocenters. The Hall–Kier alpha value is -18.5. The lowest BCUT2D eigenvalue weighted by Crippen LogP contribution is -1.96. The summed E-state index contributed by atoms with van der Waals surface area (Å²) in [6.07, 6.45) is 0. The lowest BCUT2D eigenvalue weighted by atomic mass is 9.98. The van der Waals surface area contributed by atoms with Crippen LogP contribution < -0.4 is 0 Å². The lowest BCUT2D eigenvalue weighted by molar-refractivity contribution is 0.669. The Labute approximate surface area is 805 Å². The number of hydrogen-bond acceptors (Lipinski definition) is 2. The molecule has 0 aliphatic rings. The third kappa shape index (κ3) is 11.7. The van der Waals surface area contributed by atoms with Crippen molar-refractivity contribution < 1.29 is 4.42 Å². The van der Waals surface area contributed by atoms with Crippen molar-refractivity contribution in [2.75, 3.05) is 0 Å². The maximum absolute atomic E-state index is 6.33. The molecule has 0 fully saturated rings. The maximum atomic E-state index is 6.33. The van der Waals surface area contributed by atoms with Gasteiger partial charge in [0.05, 0.1) is 77.2 Å². The van der Waals surface area contributed by atoms with Crippen LogP contribution in [0.15, 0.2) is 490 Å². The highest BCUT2D eigenvalue weighted by molar-refractivity contribution is 7.25. The van der Waals surface area contributed by atoms with E-state index in [4.69, 9.17) is 4.42 Å². The fourth-order valence-electron chi connectivity index (χ4n) is 23.4. The van der Waals surface area contributed by atoms with Crippen LogP contribution in [-0.4, -0.2) is 36.2 Å². The van der Waals surface area contributed by atoms with Gasteiger partial charge in [0.15, 0.2) is 0 Å². The molecular weight excluding hydrogens is 1720 g/mol. The highest BCUT2D eigenvalue weighted by Crippen LogP contribution is 2.50. The predicted molar refractivity (Wildman–Crippen MR) is 588 cm³/mol. The summed E-state index contributed by atoms with van der Waals surface area (Å²) in [6.45, 7) is 0. The molecule has 0 N–H and O–H groups in total. The fraction of sp³-hybridized carbons (Fsp3) is 0. The molecule has 0 atom stereocenters. The van der Waals surface area contributed by atoms with Crippen LogP contribution >= 0.6 is 11.3 Å². The van der Waals surface area contributed by atoms with Crippen LogP contribution in [0.4, 0.5) is 0 Å². The number of rotatable bonds is 11. The van der Waals surface area contributed by atoms with Gasteiger partial charge in [-0.1, -0.05) is 279 Å². The van der Waals surface area contributed by atoms with Gasteiger partial charge in [0.2, 0.25) is 0 Å². The Morgan fingerprint density at radius 3 is 0.964 bits per heavy atom. The zero-order valence-electron chi connectivity index (χ0n) is 75.6. The Bertz CT molecular complexity index is 10600. The van der Waals surface area contributed by atoms with Crippen LogP contribution in [0.3, 0.4) is 0 Å². The third-order valence-electron chi connectivity index (χ3n) is 29.5. The van der Waals surface area contributed by atoms with Crippen molar-refractivity contribution >= 4 is 196 Å². The lowest BCUT2D eigenvalue weighted by Gasteiger charge is -2.11. The normalized spacial score (nSPS) is 12.1. The molecule has 31 rings (SSSR count). The summed E-state index contributed by atoms with van der Waals surface area (Å²) in [7, 11) is 0. The van der Waals surface area contributed by atoms with Crippen molar-refractivity contribution in [2.45, 2.75) is 0 Å². The highest BCUT2D eigenvalue weighted by atomic mass is 32.1. The van der Waals surface area contributed by atoms with E-state index < -0.39 is 0 Å². The van der Waals surface area contributed by atoms with Crippen LogP contribution in [0.2, 0.25) is 0 Å². The average molecular weight is 1800 g/mol. The maximum Gasteiger partial charge on any atom is 0.135 e. The van der Waals surface area contributed by atoms with Gasteiger partial charge >= 0.3 is 0 Å². The molecule has 31 aromatic rings.